The van der Waals surface area contributed by atoms with Crippen LogP contribution in [0.2, 0.25) is 0 Å². The summed E-state index contributed by atoms with van der Waals surface area (Å²) in [5.41, 5.74) is 7.33. The average molecular weight is 498 g/mol. The summed E-state index contributed by atoms with van der Waals surface area (Å²) in [6.07, 6.45) is -2.39. The molecule has 9 heteroatoms. The highest BCUT2D eigenvalue weighted by atomic mass is 32.2. The molecule has 34 heavy (non-hydrogen) atoms. The Bertz CT molecular complexity index is 971. The summed E-state index contributed by atoms with van der Waals surface area (Å²) in [6, 6.07) is 10.3. The first-order chi connectivity index (χ1) is 16.1. The number of hydrogen-bond acceptors (Lipinski definition) is 6. The highest BCUT2D eigenvalue weighted by Gasteiger charge is 2.29. The molecule has 0 saturated heterocycles. The first-order valence-corrected chi connectivity index (χ1v) is 11.8. The van der Waals surface area contributed by atoms with Gasteiger partial charge in [0.2, 0.25) is 0 Å². The zero-order valence-electron chi connectivity index (χ0n) is 19.5. The van der Waals surface area contributed by atoms with E-state index >= 15 is 0 Å². The van der Waals surface area contributed by atoms with Gasteiger partial charge in [0.25, 0.3) is 0 Å². The van der Waals surface area contributed by atoms with Crippen molar-refractivity contribution in [3.8, 4) is 11.5 Å². The van der Waals surface area contributed by atoms with Crippen molar-refractivity contribution in [2.45, 2.75) is 45.0 Å². The second kappa shape index (κ2) is 13.2. The molecule has 0 atom stereocenters. The molecular weight excluding hydrogens is 467 g/mol. The van der Waals surface area contributed by atoms with Gasteiger partial charge in [-0.3, -0.25) is 4.79 Å². The number of halogens is 3. The zero-order chi connectivity index (χ0) is 25.1. The maximum Gasteiger partial charge on any atom is 0.416 e. The molecule has 0 bridgehead atoms. The molecule has 5 nitrogen and oxygen atoms in total. The normalized spacial score (nSPS) is 12.2. The van der Waals surface area contributed by atoms with Crippen molar-refractivity contribution in [1.82, 2.24) is 0 Å². The largest absolute Gasteiger partial charge is 0.493 e. The molecule has 2 aromatic carbocycles. The molecule has 2 N–H and O–H groups in total. The minimum atomic E-state index is -4.36. The van der Waals surface area contributed by atoms with E-state index in [9.17, 15) is 18.0 Å². The first-order valence-electron chi connectivity index (χ1n) is 10.8. The summed E-state index contributed by atoms with van der Waals surface area (Å²) in [6.45, 7) is 4.53. The van der Waals surface area contributed by atoms with Crippen LogP contribution in [0.25, 0.3) is 0 Å². The molecular formula is C25H30F3NO4S. The number of alkyl halides is 3. The van der Waals surface area contributed by atoms with Gasteiger partial charge in [0.1, 0.15) is 18.1 Å². The summed E-state index contributed by atoms with van der Waals surface area (Å²) < 4.78 is 54.7. The summed E-state index contributed by atoms with van der Waals surface area (Å²) in [7, 11) is 1.33. The quantitative estimate of drug-likeness (QED) is 0.282. The van der Waals surface area contributed by atoms with E-state index in [1.807, 2.05) is 0 Å². The van der Waals surface area contributed by atoms with Gasteiger partial charge < -0.3 is 19.9 Å². The van der Waals surface area contributed by atoms with Crippen molar-refractivity contribution >= 4 is 17.7 Å². The second-order valence-electron chi connectivity index (χ2n) is 7.65. The Morgan fingerprint density at radius 1 is 1.03 bits per heavy atom. The van der Waals surface area contributed by atoms with Crippen LogP contribution in [0.4, 0.5) is 13.2 Å². The molecule has 0 radical (unpaired) electrons. The van der Waals surface area contributed by atoms with Crippen molar-refractivity contribution < 1.29 is 32.2 Å². The number of allylic oxidation sites excluding steroid dienone is 1. The Labute approximate surface area is 202 Å². The molecule has 2 rings (SSSR count). The molecule has 0 saturated carbocycles. The Kier molecular flexibility index (Phi) is 10.6. The summed E-state index contributed by atoms with van der Waals surface area (Å²) in [5, 5.41) is 0. The highest BCUT2D eigenvalue weighted by Crippen LogP contribution is 2.31. The monoisotopic (exact) mass is 497 g/mol. The highest BCUT2D eigenvalue weighted by molar-refractivity contribution is 8.02. The van der Waals surface area contributed by atoms with E-state index in [0.29, 0.717) is 35.1 Å². The van der Waals surface area contributed by atoms with Crippen LogP contribution in [0.1, 0.15) is 43.4 Å². The maximum absolute atomic E-state index is 12.8. The van der Waals surface area contributed by atoms with Crippen LogP contribution in [0.15, 0.2) is 53.1 Å². The number of unbranched alkanes of at least 4 members (excludes halogenated alkanes) is 1. The third kappa shape index (κ3) is 9.21. The lowest BCUT2D eigenvalue weighted by atomic mass is 10.1. The number of benzene rings is 2. The number of carbonyl (C=O) groups excluding carboxylic acids is 1. The molecule has 0 amide bonds. The number of nitrogens with two attached hydrogens (primary N) is 1. The molecule has 0 aromatic heterocycles. The fourth-order valence-electron chi connectivity index (χ4n) is 2.85. The van der Waals surface area contributed by atoms with Crippen molar-refractivity contribution in [3.63, 3.8) is 0 Å². The number of methoxy groups -OCH3 is 1. The molecule has 0 aliphatic rings. The Morgan fingerprint density at radius 2 is 1.68 bits per heavy atom. The summed E-state index contributed by atoms with van der Waals surface area (Å²) in [5.74, 6) is 1.18. The lowest BCUT2D eigenvalue weighted by molar-refractivity contribution is -0.140. The van der Waals surface area contributed by atoms with E-state index in [2.05, 4.69) is 6.92 Å². The molecule has 2 aromatic rings. The summed E-state index contributed by atoms with van der Waals surface area (Å²) >= 11 is 1.40. The average Bonchev–Trinajstić information content (AvgIpc) is 2.78. The van der Waals surface area contributed by atoms with E-state index < -0.39 is 11.7 Å². The standard InChI is InChI=1S/C25H30F3NO4S/c1-4-5-10-32-21-11-19(13-24(30)31-3)12-22(14-21)33-15-23(17(2)29)34-16-18-6-8-20(9-7-18)25(26,27)28/h6-9,11-12,14H,4-5,10,13,15-16,29H2,1-3H3/b23-17-. The minimum Gasteiger partial charge on any atom is -0.493 e. The topological polar surface area (TPSA) is 70.8 Å². The zero-order valence-corrected chi connectivity index (χ0v) is 20.4. The van der Waals surface area contributed by atoms with Crippen LogP contribution in [0, 0.1) is 0 Å². The number of carbonyl (C=O) groups is 1. The van der Waals surface area contributed by atoms with Crippen LogP contribution < -0.4 is 15.2 Å². The van der Waals surface area contributed by atoms with Gasteiger partial charge in [0.15, 0.2) is 0 Å². The maximum atomic E-state index is 12.8. The molecule has 0 unspecified atom stereocenters. The van der Waals surface area contributed by atoms with Gasteiger partial charge in [-0.15, -0.1) is 11.8 Å². The van der Waals surface area contributed by atoms with Crippen molar-refractivity contribution in [2.75, 3.05) is 20.3 Å². The summed E-state index contributed by atoms with van der Waals surface area (Å²) in [4.78, 5) is 12.5. The van der Waals surface area contributed by atoms with Gasteiger partial charge in [-0.1, -0.05) is 25.5 Å². The number of esters is 1. The first kappa shape index (κ1) is 27.4. The SMILES string of the molecule is CCCCOc1cc(CC(=O)OC)cc(OC/C(SCc2ccc(C(F)(F)F)cc2)=C(\C)N)c1. The Balaban J connectivity index is 2.07. The lowest BCUT2D eigenvalue weighted by Crippen LogP contribution is -2.08. The van der Waals surface area contributed by atoms with E-state index in [1.54, 1.807) is 25.1 Å². The van der Waals surface area contributed by atoms with Crippen LogP contribution in [-0.2, 0) is 27.9 Å². The molecule has 0 heterocycles. The molecule has 0 aliphatic heterocycles. The van der Waals surface area contributed by atoms with Crippen molar-refractivity contribution in [3.05, 3.63) is 69.8 Å². The van der Waals surface area contributed by atoms with Crippen molar-refractivity contribution in [2.24, 2.45) is 5.73 Å². The molecule has 0 fully saturated rings. The van der Waals surface area contributed by atoms with E-state index in [0.717, 1.165) is 35.4 Å². The Hall–Kier alpha value is -2.81. The van der Waals surface area contributed by atoms with Crippen molar-refractivity contribution in [1.29, 1.82) is 0 Å². The number of rotatable bonds is 12. The molecule has 186 valence electrons. The fraction of sp³-hybridized carbons (Fsp3) is 0.400. The predicted molar refractivity (Wildman–Crippen MR) is 128 cm³/mol. The second-order valence-corrected chi connectivity index (χ2v) is 8.72. The van der Waals surface area contributed by atoms with Gasteiger partial charge in [0, 0.05) is 22.4 Å². The molecule has 0 aliphatic carbocycles. The molecule has 0 spiro atoms. The van der Waals surface area contributed by atoms with Crippen LogP contribution in [0.3, 0.4) is 0 Å². The van der Waals surface area contributed by atoms with E-state index in [-0.39, 0.29) is 19.0 Å². The van der Waals surface area contributed by atoms with Gasteiger partial charge in [-0.05, 0) is 48.7 Å². The third-order valence-electron chi connectivity index (χ3n) is 4.79. The number of hydrogen-bond donors (Lipinski definition) is 1. The van der Waals surface area contributed by atoms with Gasteiger partial charge in [0.05, 0.1) is 25.7 Å². The van der Waals surface area contributed by atoms with Crippen LogP contribution >= 0.6 is 11.8 Å². The Morgan fingerprint density at radius 3 is 2.24 bits per heavy atom. The van der Waals surface area contributed by atoms with Gasteiger partial charge >= 0.3 is 12.1 Å². The van der Waals surface area contributed by atoms with E-state index in [4.69, 9.17) is 19.9 Å². The van der Waals surface area contributed by atoms with Crippen LogP contribution in [-0.4, -0.2) is 26.3 Å². The van der Waals surface area contributed by atoms with Crippen LogP contribution in [0.5, 0.6) is 11.5 Å². The smallest absolute Gasteiger partial charge is 0.416 e. The fourth-order valence-corrected chi connectivity index (χ4v) is 3.75. The minimum absolute atomic E-state index is 0.0825. The number of thioether (sulfide) groups is 1. The number of ether oxygens (including phenoxy) is 3. The van der Waals surface area contributed by atoms with Gasteiger partial charge in [-0.2, -0.15) is 13.2 Å². The lowest BCUT2D eigenvalue weighted by Gasteiger charge is -2.14. The van der Waals surface area contributed by atoms with Gasteiger partial charge in [-0.25, -0.2) is 0 Å². The predicted octanol–water partition coefficient (Wildman–Crippen LogP) is 6.10. The van der Waals surface area contributed by atoms with E-state index in [1.165, 1.54) is 31.0 Å². The third-order valence-corrected chi connectivity index (χ3v) is 6.05.